The largest absolute Gasteiger partial charge is 0.453 e. The van der Waals surface area contributed by atoms with Gasteiger partial charge in [0, 0.05) is 20.5 Å². The summed E-state index contributed by atoms with van der Waals surface area (Å²) in [4.78, 5) is 59.3. The van der Waals surface area contributed by atoms with Gasteiger partial charge in [0.05, 0.1) is 31.1 Å². The van der Waals surface area contributed by atoms with E-state index in [1.807, 2.05) is 13.8 Å². The number of imidazole rings is 1. The van der Waals surface area contributed by atoms with Gasteiger partial charge < -0.3 is 25.7 Å². The molecule has 41 heavy (non-hydrogen) atoms. The van der Waals surface area contributed by atoms with E-state index in [0.717, 1.165) is 6.20 Å². The van der Waals surface area contributed by atoms with Gasteiger partial charge in [-0.2, -0.15) is 0 Å². The number of ether oxygens (including phenoxy) is 1. The van der Waals surface area contributed by atoms with Gasteiger partial charge in [0.2, 0.25) is 11.8 Å². The third kappa shape index (κ3) is 10.0. The summed E-state index contributed by atoms with van der Waals surface area (Å²) >= 11 is 6.27. The van der Waals surface area contributed by atoms with Crippen LogP contribution in [0.15, 0.2) is 35.3 Å². The molecule has 0 radical (unpaired) electrons. The van der Waals surface area contributed by atoms with E-state index in [1.54, 1.807) is 20.2 Å². The van der Waals surface area contributed by atoms with E-state index in [9.17, 15) is 23.6 Å². The number of methoxy groups -OCH3 is 1. The fourth-order valence-electron chi connectivity index (χ4n) is 3.55. The number of nitrogens with zero attached hydrogens (tertiary/aromatic N) is 4. The molecule has 3 aromatic rings. The fourth-order valence-corrected chi connectivity index (χ4v) is 3.75. The second-order valence-corrected chi connectivity index (χ2v) is 10.0. The summed E-state index contributed by atoms with van der Waals surface area (Å²) in [5.74, 6) is -0.357. The van der Waals surface area contributed by atoms with E-state index in [1.165, 1.54) is 34.8 Å². The molecule has 0 atom stereocenters. The van der Waals surface area contributed by atoms with Crippen LogP contribution in [0, 0.1) is 11.7 Å². The number of allylic oxidation sites excluding steroid dienone is 1. The van der Waals surface area contributed by atoms with Gasteiger partial charge in [-0.3, -0.25) is 23.9 Å². The van der Waals surface area contributed by atoms with Crippen LogP contribution in [0.1, 0.15) is 44.6 Å². The maximum absolute atomic E-state index is 14.3. The molecule has 0 spiro atoms. The van der Waals surface area contributed by atoms with Gasteiger partial charge in [-0.15, -0.1) is 0 Å². The minimum Gasteiger partial charge on any atom is -0.453 e. The molecule has 0 aliphatic heterocycles. The molecule has 12 nitrogen and oxygen atoms in total. The summed E-state index contributed by atoms with van der Waals surface area (Å²) in [6, 6.07) is 2.95. The number of carbonyl (C=O) groups excluding carboxylic acids is 3. The highest BCUT2D eigenvalue weighted by molar-refractivity contribution is 6.29. The second kappa shape index (κ2) is 15.5. The van der Waals surface area contributed by atoms with Crippen LogP contribution in [0.25, 0.3) is 11.0 Å². The molecular formula is C27H35ClFN7O5. The van der Waals surface area contributed by atoms with Gasteiger partial charge >= 0.3 is 6.09 Å². The number of H-pyrrole nitrogens is 1. The van der Waals surface area contributed by atoms with Gasteiger partial charge in [0.15, 0.2) is 5.82 Å². The molecule has 0 aromatic carbocycles. The van der Waals surface area contributed by atoms with Crippen molar-refractivity contribution in [3.8, 4) is 0 Å². The van der Waals surface area contributed by atoms with Crippen LogP contribution in [0.3, 0.4) is 0 Å². The molecule has 3 heterocycles. The first-order valence-corrected chi connectivity index (χ1v) is 13.1. The summed E-state index contributed by atoms with van der Waals surface area (Å²) < 4.78 is 19.5. The molecular weight excluding hydrogens is 557 g/mol. The van der Waals surface area contributed by atoms with Crippen LogP contribution in [0.5, 0.6) is 0 Å². The van der Waals surface area contributed by atoms with Gasteiger partial charge in [-0.25, -0.2) is 14.2 Å². The first-order chi connectivity index (χ1) is 19.3. The molecule has 3 amide bonds. The Balaban J connectivity index is 0.00000108. The molecule has 0 aliphatic carbocycles. The number of nitrogens with one attached hydrogen (secondary N) is 2. The third-order valence-corrected chi connectivity index (χ3v) is 5.91. The monoisotopic (exact) mass is 591 g/mol. The first-order valence-electron chi connectivity index (χ1n) is 12.8. The number of fused-ring (bicyclic) bond motifs is 1. The maximum atomic E-state index is 14.3. The molecule has 14 heteroatoms. The summed E-state index contributed by atoms with van der Waals surface area (Å²) in [5, 5.41) is 2.77. The van der Waals surface area contributed by atoms with Crippen LogP contribution < -0.4 is 16.6 Å². The molecule has 0 bridgehead atoms. The molecule has 0 unspecified atom stereocenters. The molecule has 3 rings (SSSR count). The zero-order chi connectivity index (χ0) is 30.7. The number of amides is 3. The highest BCUT2D eigenvalue weighted by Crippen LogP contribution is 2.21. The number of likely N-dealkylation sites (N-methyl/N-ethyl adjacent to an activating group) is 1. The number of unbranched alkanes of at least 4 members (excludes halogenated alkanes) is 1. The topological polar surface area (TPSA) is 165 Å². The highest BCUT2D eigenvalue weighted by Gasteiger charge is 2.17. The normalized spacial score (nSPS) is 10.9. The molecule has 3 aromatic heterocycles. The van der Waals surface area contributed by atoms with Crippen molar-refractivity contribution in [2.24, 2.45) is 11.7 Å². The number of aromatic nitrogens is 4. The lowest BCUT2D eigenvalue weighted by molar-refractivity contribution is -0.123. The first kappa shape index (κ1) is 32.9. The SMILES string of the molecule is CC(C)Cc1ncc(F)c2nc(Cn3c(Cl)ccc(NC(=O)CCC/C=C/C(=O)N(C)C)c3=O)[nH]c12.COC(N)=O. The van der Waals surface area contributed by atoms with Crippen molar-refractivity contribution >= 4 is 46.2 Å². The predicted octanol–water partition coefficient (Wildman–Crippen LogP) is 3.62. The summed E-state index contributed by atoms with van der Waals surface area (Å²) in [5.41, 5.74) is 5.35. The number of pyridine rings is 2. The average Bonchev–Trinajstić information content (AvgIpc) is 3.34. The number of aromatic amines is 1. The Morgan fingerprint density at radius 3 is 2.59 bits per heavy atom. The van der Waals surface area contributed by atoms with Crippen molar-refractivity contribution in [1.82, 2.24) is 24.4 Å². The van der Waals surface area contributed by atoms with E-state index in [2.05, 4.69) is 30.7 Å². The number of nitrogens with two attached hydrogens (primary N) is 1. The number of halogens is 2. The Labute approximate surface area is 241 Å². The molecule has 222 valence electrons. The van der Waals surface area contributed by atoms with Crippen LogP contribution in [0.2, 0.25) is 5.15 Å². The zero-order valence-corrected chi connectivity index (χ0v) is 24.4. The van der Waals surface area contributed by atoms with E-state index < -0.39 is 17.5 Å². The van der Waals surface area contributed by atoms with Crippen molar-refractivity contribution in [1.29, 1.82) is 0 Å². The molecule has 0 saturated carbocycles. The summed E-state index contributed by atoms with van der Waals surface area (Å²) in [6.45, 7) is 4.04. The minimum atomic E-state index is -0.745. The van der Waals surface area contributed by atoms with Crippen molar-refractivity contribution in [2.75, 3.05) is 26.5 Å². The lowest BCUT2D eigenvalue weighted by atomic mass is 10.1. The smallest absolute Gasteiger partial charge is 0.404 e. The zero-order valence-electron chi connectivity index (χ0n) is 23.7. The summed E-state index contributed by atoms with van der Waals surface area (Å²) in [6.07, 6.45) is 5.46. The Morgan fingerprint density at radius 1 is 1.29 bits per heavy atom. The van der Waals surface area contributed by atoms with Crippen LogP contribution in [-0.2, 0) is 27.3 Å². The molecule has 0 fully saturated rings. The number of hydrogen-bond donors (Lipinski definition) is 3. The van der Waals surface area contributed by atoms with Crippen LogP contribution in [-0.4, -0.2) is 63.5 Å². The standard InChI is InChI=1S/C25H30ClFN6O3.C2H5NO2/c1-15(2)12-18-24-23(16(27)13-28-18)30-20(31-24)14-33-19(26)11-10-17(25(33)36)29-21(34)8-6-5-7-9-22(35)32(3)4;1-5-2(3)4/h7,9-11,13,15H,5-6,8,12,14H2,1-4H3,(H,29,34)(H,30,31);1H3,(H2,3,4)/b9-7+;. The highest BCUT2D eigenvalue weighted by atomic mass is 35.5. The van der Waals surface area contributed by atoms with E-state index in [0.29, 0.717) is 42.2 Å². The number of hydrogen-bond acceptors (Lipinski definition) is 7. The molecule has 0 aliphatic rings. The third-order valence-electron chi connectivity index (χ3n) is 5.58. The predicted molar refractivity (Wildman–Crippen MR) is 154 cm³/mol. The van der Waals surface area contributed by atoms with Crippen molar-refractivity contribution in [2.45, 2.75) is 46.1 Å². The quantitative estimate of drug-likeness (QED) is 0.184. The minimum absolute atomic E-state index is 0.0404. The van der Waals surface area contributed by atoms with E-state index in [4.69, 9.17) is 11.6 Å². The number of primary amides is 1. The van der Waals surface area contributed by atoms with Gasteiger partial charge in [-0.05, 0) is 43.4 Å². The lowest BCUT2D eigenvalue weighted by Gasteiger charge is -2.10. The van der Waals surface area contributed by atoms with Crippen molar-refractivity contribution in [3.63, 3.8) is 0 Å². The molecule has 0 saturated heterocycles. The van der Waals surface area contributed by atoms with E-state index in [-0.39, 0.29) is 41.1 Å². The fraction of sp³-hybridized carbons (Fsp3) is 0.407. The van der Waals surface area contributed by atoms with Crippen molar-refractivity contribution < 1.29 is 23.5 Å². The Kier molecular flexibility index (Phi) is 12.5. The number of anilines is 1. The Hall–Kier alpha value is -4.26. The summed E-state index contributed by atoms with van der Waals surface area (Å²) in [7, 11) is 4.54. The van der Waals surface area contributed by atoms with Gasteiger partial charge in [-0.1, -0.05) is 31.5 Å². The van der Waals surface area contributed by atoms with Crippen LogP contribution >= 0.6 is 11.6 Å². The van der Waals surface area contributed by atoms with Crippen LogP contribution in [0.4, 0.5) is 14.9 Å². The molecule has 4 N–H and O–H groups in total. The second-order valence-electron chi connectivity index (χ2n) is 9.62. The van der Waals surface area contributed by atoms with Gasteiger partial charge in [0.25, 0.3) is 5.56 Å². The number of carbonyl (C=O) groups is 3. The lowest BCUT2D eigenvalue weighted by Crippen LogP contribution is -2.27. The average molecular weight is 592 g/mol. The Bertz CT molecular complexity index is 1470. The van der Waals surface area contributed by atoms with Crippen molar-refractivity contribution in [3.05, 3.63) is 63.3 Å². The maximum Gasteiger partial charge on any atom is 0.404 e. The Morgan fingerprint density at radius 2 is 1.98 bits per heavy atom. The number of rotatable bonds is 10. The van der Waals surface area contributed by atoms with E-state index >= 15 is 0 Å². The van der Waals surface area contributed by atoms with Gasteiger partial charge in [0.1, 0.15) is 22.2 Å².